The van der Waals surface area contributed by atoms with Gasteiger partial charge < -0.3 is 15.0 Å². The number of ether oxygens (including phenoxy) is 1. The summed E-state index contributed by atoms with van der Waals surface area (Å²) in [6, 6.07) is 14.0. The molecule has 0 saturated carbocycles. The van der Waals surface area contributed by atoms with Crippen LogP contribution in [0.25, 0.3) is 10.8 Å². The molecule has 2 aromatic rings. The highest BCUT2D eigenvalue weighted by Gasteiger charge is 2.14. The molecule has 2 aromatic carbocycles. The highest BCUT2D eigenvalue weighted by molar-refractivity contribution is 5.84. The molecule has 0 radical (unpaired) electrons. The fraction of sp³-hybridized carbons (Fsp3) is 0.389. The number of hydrogen-bond donors (Lipinski definition) is 1. The zero-order valence-electron chi connectivity index (χ0n) is 13.5. The van der Waals surface area contributed by atoms with Crippen molar-refractivity contribution in [3.8, 4) is 5.75 Å². The zero-order valence-corrected chi connectivity index (χ0v) is 13.5. The molecule has 1 N–H and O–H groups in total. The lowest BCUT2D eigenvalue weighted by Crippen LogP contribution is -2.37. The van der Waals surface area contributed by atoms with Crippen molar-refractivity contribution in [1.29, 1.82) is 0 Å². The standard InChI is InChI=1S/C18H24N2O2/c1-14(18(21)19-11-6-12-20(2)3)22-17-10-9-15-7-4-5-8-16(15)13-17/h4-5,7-10,13-14H,6,11-12H2,1-3H3,(H,19,21)/t14-/m0/s1. The van der Waals surface area contributed by atoms with E-state index in [1.165, 1.54) is 0 Å². The van der Waals surface area contributed by atoms with E-state index in [4.69, 9.17) is 4.74 Å². The van der Waals surface area contributed by atoms with Crippen molar-refractivity contribution in [3.63, 3.8) is 0 Å². The number of carbonyl (C=O) groups is 1. The van der Waals surface area contributed by atoms with E-state index in [1.807, 2.05) is 50.5 Å². The molecule has 0 unspecified atom stereocenters. The Morgan fingerprint density at radius 3 is 2.64 bits per heavy atom. The van der Waals surface area contributed by atoms with Crippen molar-refractivity contribution in [2.75, 3.05) is 27.2 Å². The molecule has 0 spiro atoms. The van der Waals surface area contributed by atoms with Gasteiger partial charge in [0.25, 0.3) is 5.91 Å². The summed E-state index contributed by atoms with van der Waals surface area (Å²) in [6.45, 7) is 3.40. The van der Waals surface area contributed by atoms with Gasteiger partial charge in [0.1, 0.15) is 5.75 Å². The Bertz CT molecular complexity index is 625. The third-order valence-corrected chi connectivity index (χ3v) is 3.48. The van der Waals surface area contributed by atoms with Crippen LogP contribution in [0.3, 0.4) is 0 Å². The van der Waals surface area contributed by atoms with Gasteiger partial charge in [0.15, 0.2) is 6.10 Å². The van der Waals surface area contributed by atoms with Crippen LogP contribution in [0.4, 0.5) is 0 Å². The molecule has 4 heteroatoms. The molecular weight excluding hydrogens is 276 g/mol. The van der Waals surface area contributed by atoms with E-state index >= 15 is 0 Å². The summed E-state index contributed by atoms with van der Waals surface area (Å²) in [4.78, 5) is 14.1. The monoisotopic (exact) mass is 300 g/mol. The Hall–Kier alpha value is -2.07. The molecule has 1 amide bonds. The predicted octanol–water partition coefficient (Wildman–Crippen LogP) is 2.68. The SMILES string of the molecule is C[C@H](Oc1ccc2ccccc2c1)C(=O)NCCCN(C)C. The first-order chi connectivity index (χ1) is 10.6. The molecule has 0 aromatic heterocycles. The molecule has 0 aliphatic rings. The minimum atomic E-state index is -0.500. The second-order valence-electron chi connectivity index (χ2n) is 5.72. The second kappa shape index (κ2) is 7.80. The first kappa shape index (κ1) is 16.3. The molecule has 22 heavy (non-hydrogen) atoms. The van der Waals surface area contributed by atoms with Crippen molar-refractivity contribution >= 4 is 16.7 Å². The Kier molecular flexibility index (Phi) is 5.78. The molecule has 2 rings (SSSR count). The largest absolute Gasteiger partial charge is 0.481 e. The Morgan fingerprint density at radius 2 is 1.91 bits per heavy atom. The van der Waals surface area contributed by atoms with Crippen LogP contribution in [0, 0.1) is 0 Å². The highest BCUT2D eigenvalue weighted by atomic mass is 16.5. The number of nitrogens with one attached hydrogen (secondary N) is 1. The highest BCUT2D eigenvalue weighted by Crippen LogP contribution is 2.21. The number of rotatable bonds is 7. The van der Waals surface area contributed by atoms with Crippen molar-refractivity contribution in [2.45, 2.75) is 19.4 Å². The molecule has 0 bridgehead atoms. The van der Waals surface area contributed by atoms with E-state index in [0.717, 1.165) is 29.5 Å². The number of benzene rings is 2. The van der Waals surface area contributed by atoms with Crippen molar-refractivity contribution in [1.82, 2.24) is 10.2 Å². The van der Waals surface area contributed by atoms with E-state index in [9.17, 15) is 4.79 Å². The molecule has 1 atom stereocenters. The first-order valence-electron chi connectivity index (χ1n) is 7.64. The minimum Gasteiger partial charge on any atom is -0.481 e. The lowest BCUT2D eigenvalue weighted by molar-refractivity contribution is -0.127. The van der Waals surface area contributed by atoms with Crippen LogP contribution in [-0.2, 0) is 4.79 Å². The number of fused-ring (bicyclic) bond motifs is 1. The molecular formula is C18H24N2O2. The van der Waals surface area contributed by atoms with Crippen molar-refractivity contribution < 1.29 is 9.53 Å². The fourth-order valence-corrected chi connectivity index (χ4v) is 2.25. The van der Waals surface area contributed by atoms with Gasteiger partial charge in [0.05, 0.1) is 0 Å². The van der Waals surface area contributed by atoms with E-state index in [1.54, 1.807) is 6.92 Å². The molecule has 0 fully saturated rings. The third kappa shape index (κ3) is 4.74. The van der Waals surface area contributed by atoms with Crippen LogP contribution in [0.15, 0.2) is 42.5 Å². The quantitative estimate of drug-likeness (QED) is 0.799. The summed E-state index contributed by atoms with van der Waals surface area (Å²) < 4.78 is 5.74. The smallest absolute Gasteiger partial charge is 0.260 e. The summed E-state index contributed by atoms with van der Waals surface area (Å²) in [5.74, 6) is 0.640. The first-order valence-corrected chi connectivity index (χ1v) is 7.64. The summed E-state index contributed by atoms with van der Waals surface area (Å²) >= 11 is 0. The zero-order chi connectivity index (χ0) is 15.9. The second-order valence-corrected chi connectivity index (χ2v) is 5.72. The maximum Gasteiger partial charge on any atom is 0.260 e. The van der Waals surface area contributed by atoms with Crippen LogP contribution < -0.4 is 10.1 Å². The number of amides is 1. The van der Waals surface area contributed by atoms with Gasteiger partial charge in [-0.05, 0) is 56.9 Å². The van der Waals surface area contributed by atoms with Gasteiger partial charge in [-0.2, -0.15) is 0 Å². The van der Waals surface area contributed by atoms with Crippen LogP contribution >= 0.6 is 0 Å². The molecule has 118 valence electrons. The summed E-state index contributed by atoms with van der Waals surface area (Å²) in [6.07, 6.45) is 0.432. The minimum absolute atomic E-state index is 0.0769. The number of carbonyl (C=O) groups excluding carboxylic acids is 1. The molecule has 0 saturated heterocycles. The maximum atomic E-state index is 12.0. The predicted molar refractivity (Wildman–Crippen MR) is 90.2 cm³/mol. The number of nitrogens with zero attached hydrogens (tertiary/aromatic N) is 1. The third-order valence-electron chi connectivity index (χ3n) is 3.48. The van der Waals surface area contributed by atoms with E-state index in [-0.39, 0.29) is 5.91 Å². The van der Waals surface area contributed by atoms with Gasteiger partial charge in [0.2, 0.25) is 0 Å². The Balaban J connectivity index is 1.86. The van der Waals surface area contributed by atoms with E-state index in [2.05, 4.69) is 16.3 Å². The average Bonchev–Trinajstić information content (AvgIpc) is 2.51. The van der Waals surface area contributed by atoms with E-state index < -0.39 is 6.10 Å². The van der Waals surface area contributed by atoms with Gasteiger partial charge in [-0.1, -0.05) is 30.3 Å². The van der Waals surface area contributed by atoms with Crippen molar-refractivity contribution in [3.05, 3.63) is 42.5 Å². The Labute approximate surface area is 132 Å². The van der Waals surface area contributed by atoms with Crippen LogP contribution in [0.2, 0.25) is 0 Å². The van der Waals surface area contributed by atoms with Crippen LogP contribution in [0.5, 0.6) is 5.75 Å². The molecule has 4 nitrogen and oxygen atoms in total. The van der Waals surface area contributed by atoms with E-state index in [0.29, 0.717) is 6.54 Å². The Morgan fingerprint density at radius 1 is 1.18 bits per heavy atom. The molecule has 0 aliphatic heterocycles. The summed E-state index contributed by atoms with van der Waals surface area (Å²) in [7, 11) is 4.04. The van der Waals surface area contributed by atoms with Crippen molar-refractivity contribution in [2.24, 2.45) is 0 Å². The van der Waals surface area contributed by atoms with Crippen LogP contribution in [0.1, 0.15) is 13.3 Å². The number of hydrogen-bond acceptors (Lipinski definition) is 3. The lowest BCUT2D eigenvalue weighted by Gasteiger charge is -2.16. The maximum absolute atomic E-state index is 12.0. The molecule has 0 aliphatic carbocycles. The molecule has 0 heterocycles. The summed E-state index contributed by atoms with van der Waals surface area (Å²) in [5.41, 5.74) is 0. The van der Waals surface area contributed by atoms with Gasteiger partial charge in [-0.25, -0.2) is 0 Å². The topological polar surface area (TPSA) is 41.6 Å². The van der Waals surface area contributed by atoms with Gasteiger partial charge >= 0.3 is 0 Å². The van der Waals surface area contributed by atoms with Gasteiger partial charge in [-0.3, -0.25) is 4.79 Å². The van der Waals surface area contributed by atoms with Gasteiger partial charge in [0, 0.05) is 6.54 Å². The lowest BCUT2D eigenvalue weighted by atomic mass is 10.1. The average molecular weight is 300 g/mol. The van der Waals surface area contributed by atoms with Gasteiger partial charge in [-0.15, -0.1) is 0 Å². The fourth-order valence-electron chi connectivity index (χ4n) is 2.25. The summed E-state index contributed by atoms with van der Waals surface area (Å²) in [5, 5.41) is 5.18. The van der Waals surface area contributed by atoms with Crippen LogP contribution in [-0.4, -0.2) is 44.1 Å². The normalized spacial score (nSPS) is 12.4.